The molecule has 0 radical (unpaired) electrons. The number of carbonyl (C=O) groups is 1. The van der Waals surface area contributed by atoms with Crippen LogP contribution >= 0.6 is 46.6 Å². The van der Waals surface area contributed by atoms with Gasteiger partial charge in [0.1, 0.15) is 6.54 Å². The summed E-state index contributed by atoms with van der Waals surface area (Å²) in [5.41, 5.74) is 1.34. The molecule has 0 saturated heterocycles. The zero-order valence-corrected chi connectivity index (χ0v) is 21.3. The van der Waals surface area contributed by atoms with Crippen LogP contribution in [0, 0.1) is 0 Å². The summed E-state index contributed by atoms with van der Waals surface area (Å²) >= 11 is 19.7. The molecule has 0 saturated carbocycles. The monoisotopic (exact) mass is 542 g/mol. The minimum Gasteiger partial charge on any atom is -0.354 e. The Hall–Kier alpha value is -1.90. The number of hydrogen-bond donors (Lipinski definition) is 1. The Bertz CT molecular complexity index is 1210. The highest BCUT2D eigenvalue weighted by Gasteiger charge is 2.27. The molecule has 174 valence electrons. The molecule has 0 bridgehead atoms. The molecule has 1 N–H and O–H groups in total. The Labute approximate surface area is 213 Å². The summed E-state index contributed by atoms with van der Waals surface area (Å²) in [4.78, 5) is 12.7. The zero-order chi connectivity index (χ0) is 23.8. The number of halogens is 3. The molecule has 5 nitrogen and oxygen atoms in total. The van der Waals surface area contributed by atoms with Gasteiger partial charge in [0.25, 0.3) is 10.0 Å². The molecule has 10 heteroatoms. The SMILES string of the molecule is O=C(CN(c1ccc(Cl)c(Cl)c1)S(=O)(=O)c1ccccc1)NCCSCc1cccc(Cl)c1. The van der Waals surface area contributed by atoms with Crippen LogP contribution < -0.4 is 9.62 Å². The molecule has 0 aliphatic heterocycles. The molecule has 33 heavy (non-hydrogen) atoms. The number of rotatable bonds is 10. The van der Waals surface area contributed by atoms with Gasteiger partial charge in [0.05, 0.1) is 20.6 Å². The Morgan fingerprint density at radius 3 is 2.36 bits per heavy atom. The molecule has 3 rings (SSSR count). The van der Waals surface area contributed by atoms with Gasteiger partial charge in [-0.05, 0) is 48.0 Å². The summed E-state index contributed by atoms with van der Waals surface area (Å²) in [6.07, 6.45) is 0. The number of nitrogens with one attached hydrogen (secondary N) is 1. The van der Waals surface area contributed by atoms with Crippen LogP contribution in [0.4, 0.5) is 5.69 Å². The van der Waals surface area contributed by atoms with E-state index in [0.717, 1.165) is 15.6 Å². The van der Waals surface area contributed by atoms with E-state index in [-0.39, 0.29) is 15.6 Å². The molecule has 0 aromatic heterocycles. The van der Waals surface area contributed by atoms with Crippen molar-refractivity contribution in [2.24, 2.45) is 0 Å². The first-order valence-electron chi connectivity index (χ1n) is 9.89. The number of nitrogens with zero attached hydrogens (tertiary/aromatic N) is 1. The van der Waals surface area contributed by atoms with Crippen molar-refractivity contribution < 1.29 is 13.2 Å². The number of amides is 1. The second kappa shape index (κ2) is 12.0. The van der Waals surface area contributed by atoms with E-state index < -0.39 is 22.5 Å². The average molecular weight is 544 g/mol. The molecule has 0 fully saturated rings. The normalized spacial score (nSPS) is 11.2. The Kier molecular flexibility index (Phi) is 9.35. The first kappa shape index (κ1) is 25.7. The summed E-state index contributed by atoms with van der Waals surface area (Å²) < 4.78 is 27.6. The number of carbonyl (C=O) groups excluding carboxylic acids is 1. The molecule has 1 amide bonds. The highest BCUT2D eigenvalue weighted by molar-refractivity contribution is 7.98. The van der Waals surface area contributed by atoms with E-state index >= 15 is 0 Å². The van der Waals surface area contributed by atoms with Gasteiger partial charge in [0, 0.05) is 23.1 Å². The molecule has 0 aliphatic rings. The average Bonchev–Trinajstić information content (AvgIpc) is 2.80. The summed E-state index contributed by atoms with van der Waals surface area (Å²) in [5.74, 6) is 0.994. The summed E-state index contributed by atoms with van der Waals surface area (Å²) in [5, 5.41) is 3.95. The van der Waals surface area contributed by atoms with E-state index in [1.54, 1.807) is 30.0 Å². The molecule has 3 aromatic rings. The number of benzene rings is 3. The summed E-state index contributed by atoms with van der Waals surface area (Å²) in [6.45, 7) is -0.00118. The smallest absolute Gasteiger partial charge is 0.264 e. The van der Waals surface area contributed by atoms with Gasteiger partial charge >= 0.3 is 0 Å². The lowest BCUT2D eigenvalue weighted by atomic mass is 10.2. The fourth-order valence-electron chi connectivity index (χ4n) is 2.94. The van der Waals surface area contributed by atoms with Crippen molar-refractivity contribution in [2.45, 2.75) is 10.6 Å². The molecule has 3 aromatic carbocycles. The van der Waals surface area contributed by atoms with E-state index in [9.17, 15) is 13.2 Å². The van der Waals surface area contributed by atoms with Crippen LogP contribution in [0.1, 0.15) is 5.56 Å². The van der Waals surface area contributed by atoms with E-state index in [4.69, 9.17) is 34.8 Å². The topological polar surface area (TPSA) is 66.5 Å². The highest BCUT2D eigenvalue weighted by atomic mass is 35.5. The third kappa shape index (κ3) is 7.29. The molecular weight excluding hydrogens is 523 g/mol. The van der Waals surface area contributed by atoms with Crippen molar-refractivity contribution in [1.29, 1.82) is 0 Å². The molecular formula is C23H21Cl3N2O3S2. The Morgan fingerprint density at radius 1 is 0.909 bits per heavy atom. The van der Waals surface area contributed by atoms with Crippen LogP contribution in [0.2, 0.25) is 15.1 Å². The lowest BCUT2D eigenvalue weighted by molar-refractivity contribution is -0.119. The number of thioether (sulfide) groups is 1. The van der Waals surface area contributed by atoms with E-state index in [1.807, 2.05) is 24.3 Å². The fraction of sp³-hybridized carbons (Fsp3) is 0.174. The third-order valence-electron chi connectivity index (χ3n) is 4.54. The van der Waals surface area contributed by atoms with Crippen LogP contribution in [-0.2, 0) is 20.6 Å². The Morgan fingerprint density at radius 2 is 1.67 bits per heavy atom. The molecule has 0 unspecified atom stereocenters. The molecule has 0 aliphatic carbocycles. The van der Waals surface area contributed by atoms with Gasteiger partial charge in [-0.2, -0.15) is 11.8 Å². The predicted molar refractivity (Wildman–Crippen MR) is 138 cm³/mol. The maximum absolute atomic E-state index is 13.3. The standard InChI is InChI=1S/C23H21Cl3N2O3S2/c24-18-6-4-5-17(13-18)16-32-12-11-27-23(29)15-28(19-9-10-21(25)22(26)14-19)33(30,31)20-7-2-1-3-8-20/h1-10,13-14H,11-12,15-16H2,(H,27,29). The minimum absolute atomic E-state index is 0.0703. The van der Waals surface area contributed by atoms with Crippen LogP contribution in [0.15, 0.2) is 77.7 Å². The van der Waals surface area contributed by atoms with Gasteiger partial charge in [-0.15, -0.1) is 0 Å². The van der Waals surface area contributed by atoms with Gasteiger partial charge in [0.2, 0.25) is 5.91 Å². The minimum atomic E-state index is -4.00. The van der Waals surface area contributed by atoms with Crippen molar-refractivity contribution >= 4 is 68.2 Å². The third-order valence-corrected chi connectivity index (χ3v) is 8.33. The van der Waals surface area contributed by atoms with Gasteiger partial charge < -0.3 is 5.32 Å². The van der Waals surface area contributed by atoms with E-state index in [2.05, 4.69) is 5.32 Å². The van der Waals surface area contributed by atoms with E-state index in [0.29, 0.717) is 22.3 Å². The fourth-order valence-corrected chi connectivity index (χ4v) is 5.69. The quantitative estimate of drug-likeness (QED) is 0.324. The maximum Gasteiger partial charge on any atom is 0.264 e. The van der Waals surface area contributed by atoms with Crippen molar-refractivity contribution in [2.75, 3.05) is 23.1 Å². The van der Waals surface area contributed by atoms with Crippen molar-refractivity contribution in [3.8, 4) is 0 Å². The van der Waals surface area contributed by atoms with Crippen molar-refractivity contribution in [3.05, 3.63) is 93.4 Å². The first-order chi connectivity index (χ1) is 15.8. The van der Waals surface area contributed by atoms with Crippen LogP contribution in [0.5, 0.6) is 0 Å². The number of anilines is 1. The van der Waals surface area contributed by atoms with Gasteiger partial charge in [-0.25, -0.2) is 8.42 Å². The largest absolute Gasteiger partial charge is 0.354 e. The predicted octanol–water partition coefficient (Wildman–Crippen LogP) is 5.89. The summed E-state index contributed by atoms with van der Waals surface area (Å²) in [6, 6.07) is 20.0. The maximum atomic E-state index is 13.3. The van der Waals surface area contributed by atoms with E-state index in [1.165, 1.54) is 30.3 Å². The summed E-state index contributed by atoms with van der Waals surface area (Å²) in [7, 11) is -4.00. The molecule has 0 atom stereocenters. The first-order valence-corrected chi connectivity index (χ1v) is 13.6. The van der Waals surface area contributed by atoms with Crippen molar-refractivity contribution in [1.82, 2.24) is 5.32 Å². The lowest BCUT2D eigenvalue weighted by Crippen LogP contribution is -2.41. The second-order valence-corrected chi connectivity index (χ2v) is 11.2. The molecule has 0 heterocycles. The number of sulfonamides is 1. The highest BCUT2D eigenvalue weighted by Crippen LogP contribution is 2.30. The van der Waals surface area contributed by atoms with Gasteiger partial charge in [-0.1, -0.05) is 65.1 Å². The molecule has 0 spiro atoms. The van der Waals surface area contributed by atoms with Crippen LogP contribution in [-0.4, -0.2) is 33.2 Å². The Balaban J connectivity index is 1.65. The lowest BCUT2D eigenvalue weighted by Gasteiger charge is -2.24. The number of hydrogen-bond acceptors (Lipinski definition) is 4. The van der Waals surface area contributed by atoms with Gasteiger partial charge in [-0.3, -0.25) is 9.10 Å². The van der Waals surface area contributed by atoms with Crippen LogP contribution in [0.3, 0.4) is 0 Å². The second-order valence-electron chi connectivity index (χ2n) is 6.96. The van der Waals surface area contributed by atoms with Crippen LogP contribution in [0.25, 0.3) is 0 Å². The van der Waals surface area contributed by atoms with Crippen molar-refractivity contribution in [3.63, 3.8) is 0 Å². The van der Waals surface area contributed by atoms with Gasteiger partial charge in [0.15, 0.2) is 0 Å². The zero-order valence-electron chi connectivity index (χ0n) is 17.4.